The first kappa shape index (κ1) is 17.0. The van der Waals surface area contributed by atoms with Crippen molar-refractivity contribution in [3.05, 3.63) is 82.6 Å². The Labute approximate surface area is 159 Å². The Morgan fingerprint density at radius 1 is 1.07 bits per heavy atom. The van der Waals surface area contributed by atoms with E-state index in [0.29, 0.717) is 34.3 Å². The number of primary amides is 1. The molecule has 8 heteroatoms. The molecular weight excluding hydrogens is 364 g/mol. The maximum absolute atomic E-state index is 11.2. The number of anilines is 2. The van der Waals surface area contributed by atoms with Crippen molar-refractivity contribution < 1.29 is 4.79 Å². The minimum atomic E-state index is -0.451. The number of rotatable bonds is 5. The molecule has 4 rings (SSSR count). The second kappa shape index (κ2) is 7.05. The van der Waals surface area contributed by atoms with Crippen LogP contribution in [0.25, 0.3) is 5.65 Å². The van der Waals surface area contributed by atoms with Crippen LogP contribution in [0.1, 0.15) is 21.7 Å². The van der Waals surface area contributed by atoms with E-state index in [4.69, 9.17) is 17.3 Å². The Morgan fingerprint density at radius 3 is 2.63 bits per heavy atom. The summed E-state index contributed by atoms with van der Waals surface area (Å²) in [7, 11) is 0. The fourth-order valence-electron chi connectivity index (χ4n) is 2.69. The van der Waals surface area contributed by atoms with Crippen molar-refractivity contribution in [1.29, 1.82) is 0 Å². The zero-order chi connectivity index (χ0) is 18.8. The molecule has 0 saturated carbocycles. The van der Waals surface area contributed by atoms with Crippen LogP contribution in [0.2, 0.25) is 5.02 Å². The molecular formula is C19H15ClN6O. The van der Waals surface area contributed by atoms with Gasteiger partial charge in [-0.1, -0.05) is 29.8 Å². The molecule has 0 atom stereocenters. The van der Waals surface area contributed by atoms with Crippen LogP contribution >= 0.6 is 11.6 Å². The van der Waals surface area contributed by atoms with Gasteiger partial charge in [-0.15, -0.1) is 15.3 Å². The number of amides is 1. The van der Waals surface area contributed by atoms with E-state index in [1.807, 2.05) is 48.5 Å². The van der Waals surface area contributed by atoms with Crippen LogP contribution < -0.4 is 11.1 Å². The quantitative estimate of drug-likeness (QED) is 0.555. The predicted molar refractivity (Wildman–Crippen MR) is 103 cm³/mol. The third-order valence-electron chi connectivity index (χ3n) is 4.03. The Morgan fingerprint density at radius 2 is 1.89 bits per heavy atom. The van der Waals surface area contributed by atoms with Crippen molar-refractivity contribution in [2.45, 2.75) is 6.42 Å². The summed E-state index contributed by atoms with van der Waals surface area (Å²) in [5.74, 6) is 0.884. The standard InChI is InChI=1S/C19H15ClN6O/c20-14-2-1-3-15(11-14)22-16-8-9-17-23-24-18(26(17)25-16)10-12-4-6-13(7-5-12)19(21)27/h1-9,11H,10H2,(H2,21,27)(H,22,25). The van der Waals surface area contributed by atoms with E-state index in [-0.39, 0.29) is 0 Å². The van der Waals surface area contributed by atoms with E-state index in [9.17, 15) is 4.79 Å². The Balaban J connectivity index is 1.61. The highest BCUT2D eigenvalue weighted by atomic mass is 35.5. The summed E-state index contributed by atoms with van der Waals surface area (Å²) < 4.78 is 1.69. The van der Waals surface area contributed by atoms with Crippen LogP contribution in [-0.4, -0.2) is 25.7 Å². The predicted octanol–water partition coefficient (Wildman–Crippen LogP) is 3.21. The molecule has 1 amide bonds. The van der Waals surface area contributed by atoms with Gasteiger partial charge in [-0.2, -0.15) is 4.52 Å². The molecule has 0 aliphatic carbocycles. The second-order valence-corrected chi connectivity index (χ2v) is 6.41. The molecule has 0 fully saturated rings. The highest BCUT2D eigenvalue weighted by Crippen LogP contribution is 2.19. The van der Waals surface area contributed by atoms with Crippen molar-refractivity contribution in [2.75, 3.05) is 5.32 Å². The third-order valence-corrected chi connectivity index (χ3v) is 4.26. The van der Waals surface area contributed by atoms with Gasteiger partial charge in [-0.05, 0) is 48.0 Å². The van der Waals surface area contributed by atoms with Crippen molar-refractivity contribution >= 4 is 34.7 Å². The number of fused-ring (bicyclic) bond motifs is 1. The van der Waals surface area contributed by atoms with Gasteiger partial charge in [0.05, 0.1) is 0 Å². The molecule has 2 aromatic heterocycles. The molecule has 7 nitrogen and oxygen atoms in total. The molecule has 134 valence electrons. The maximum Gasteiger partial charge on any atom is 0.248 e. The average Bonchev–Trinajstić information content (AvgIpc) is 3.04. The van der Waals surface area contributed by atoms with Crippen molar-refractivity contribution in [2.24, 2.45) is 5.73 Å². The molecule has 2 heterocycles. The minimum Gasteiger partial charge on any atom is -0.366 e. The summed E-state index contributed by atoms with van der Waals surface area (Å²) in [6.45, 7) is 0. The summed E-state index contributed by atoms with van der Waals surface area (Å²) in [5.41, 5.74) is 8.21. The van der Waals surface area contributed by atoms with E-state index in [1.54, 1.807) is 16.6 Å². The van der Waals surface area contributed by atoms with Gasteiger partial charge in [-0.25, -0.2) is 0 Å². The molecule has 2 aromatic carbocycles. The van der Waals surface area contributed by atoms with Crippen molar-refractivity contribution in [3.8, 4) is 0 Å². The van der Waals surface area contributed by atoms with Crippen LogP contribution in [0.4, 0.5) is 11.5 Å². The highest BCUT2D eigenvalue weighted by Gasteiger charge is 2.10. The second-order valence-electron chi connectivity index (χ2n) is 5.98. The molecule has 4 aromatic rings. The number of nitrogens with one attached hydrogen (secondary N) is 1. The van der Waals surface area contributed by atoms with Crippen LogP contribution in [0.3, 0.4) is 0 Å². The number of carbonyl (C=O) groups is 1. The Kier molecular flexibility index (Phi) is 4.43. The van der Waals surface area contributed by atoms with Crippen LogP contribution in [0, 0.1) is 0 Å². The summed E-state index contributed by atoms with van der Waals surface area (Å²) in [6.07, 6.45) is 0.522. The lowest BCUT2D eigenvalue weighted by Crippen LogP contribution is -2.10. The lowest BCUT2D eigenvalue weighted by atomic mass is 10.1. The number of nitrogens with two attached hydrogens (primary N) is 1. The van der Waals surface area contributed by atoms with Gasteiger partial charge in [0.25, 0.3) is 0 Å². The number of halogens is 1. The highest BCUT2D eigenvalue weighted by molar-refractivity contribution is 6.30. The first-order valence-electron chi connectivity index (χ1n) is 8.21. The molecule has 0 unspecified atom stereocenters. The van der Waals surface area contributed by atoms with Crippen molar-refractivity contribution in [3.63, 3.8) is 0 Å². The maximum atomic E-state index is 11.2. The zero-order valence-corrected chi connectivity index (χ0v) is 14.9. The lowest BCUT2D eigenvalue weighted by Gasteiger charge is -2.07. The van der Waals surface area contributed by atoms with Crippen LogP contribution in [0.5, 0.6) is 0 Å². The van der Waals surface area contributed by atoms with E-state index in [1.165, 1.54) is 0 Å². The summed E-state index contributed by atoms with van der Waals surface area (Å²) in [6, 6.07) is 18.1. The van der Waals surface area contributed by atoms with Gasteiger partial charge in [-0.3, -0.25) is 4.79 Å². The molecule has 0 radical (unpaired) electrons. The molecule has 0 aliphatic heterocycles. The number of nitrogens with zero attached hydrogens (tertiary/aromatic N) is 4. The number of hydrogen-bond acceptors (Lipinski definition) is 5. The number of hydrogen-bond donors (Lipinski definition) is 2. The SMILES string of the molecule is NC(=O)c1ccc(Cc2nnc3ccc(Nc4cccc(Cl)c4)nn23)cc1. The fraction of sp³-hybridized carbons (Fsp3) is 0.0526. The van der Waals surface area contributed by atoms with Gasteiger partial charge in [0.15, 0.2) is 17.3 Å². The molecule has 0 bridgehead atoms. The minimum absolute atomic E-state index is 0.451. The molecule has 3 N–H and O–H groups in total. The first-order valence-corrected chi connectivity index (χ1v) is 8.59. The monoisotopic (exact) mass is 378 g/mol. The number of benzene rings is 2. The molecule has 0 saturated heterocycles. The van der Waals surface area contributed by atoms with Crippen LogP contribution in [0.15, 0.2) is 60.7 Å². The normalized spacial score (nSPS) is 10.9. The summed E-state index contributed by atoms with van der Waals surface area (Å²) in [5, 5.41) is 16.8. The van der Waals surface area contributed by atoms with E-state index >= 15 is 0 Å². The summed E-state index contributed by atoms with van der Waals surface area (Å²) in [4.78, 5) is 11.2. The van der Waals surface area contributed by atoms with Crippen molar-refractivity contribution in [1.82, 2.24) is 19.8 Å². The average molecular weight is 379 g/mol. The van der Waals surface area contributed by atoms with E-state index in [2.05, 4.69) is 20.6 Å². The largest absolute Gasteiger partial charge is 0.366 e. The van der Waals surface area contributed by atoms with Gasteiger partial charge in [0.2, 0.25) is 5.91 Å². The van der Waals surface area contributed by atoms with Crippen LogP contribution in [-0.2, 0) is 6.42 Å². The third kappa shape index (κ3) is 3.73. The first-order chi connectivity index (χ1) is 13.1. The zero-order valence-electron chi connectivity index (χ0n) is 14.1. The molecule has 0 aliphatic rings. The Hall–Kier alpha value is -3.45. The van der Waals surface area contributed by atoms with Gasteiger partial charge in [0, 0.05) is 22.7 Å². The fourth-order valence-corrected chi connectivity index (χ4v) is 2.88. The lowest BCUT2D eigenvalue weighted by molar-refractivity contribution is 0.100. The van der Waals surface area contributed by atoms with Gasteiger partial charge < -0.3 is 11.1 Å². The number of aromatic nitrogens is 4. The summed E-state index contributed by atoms with van der Waals surface area (Å²) >= 11 is 6.02. The van der Waals surface area contributed by atoms with Gasteiger partial charge in [0.1, 0.15) is 0 Å². The topological polar surface area (TPSA) is 98.2 Å². The van der Waals surface area contributed by atoms with E-state index < -0.39 is 5.91 Å². The molecule has 0 spiro atoms. The number of carbonyl (C=O) groups excluding carboxylic acids is 1. The molecule has 27 heavy (non-hydrogen) atoms. The van der Waals surface area contributed by atoms with Gasteiger partial charge >= 0.3 is 0 Å². The van der Waals surface area contributed by atoms with E-state index in [0.717, 1.165) is 11.3 Å². The smallest absolute Gasteiger partial charge is 0.248 e. The Bertz CT molecular complexity index is 1120.